The number of amides is 1. The van der Waals surface area contributed by atoms with Gasteiger partial charge in [-0.2, -0.15) is 5.26 Å². The fourth-order valence-corrected chi connectivity index (χ4v) is 6.17. The second kappa shape index (κ2) is 10.0. The zero-order chi connectivity index (χ0) is 21.8. The normalized spacial score (nSPS) is 17.5. The maximum atomic E-state index is 13.0. The van der Waals surface area contributed by atoms with Gasteiger partial charge in [0.25, 0.3) is 0 Å². The minimum absolute atomic E-state index is 0.114. The fourth-order valence-electron chi connectivity index (χ4n) is 4.02. The van der Waals surface area contributed by atoms with Gasteiger partial charge in [0.15, 0.2) is 5.16 Å². The highest BCUT2D eigenvalue weighted by Crippen LogP contribution is 2.37. The van der Waals surface area contributed by atoms with Gasteiger partial charge >= 0.3 is 0 Å². The number of anilines is 2. The lowest BCUT2D eigenvalue weighted by atomic mass is 10.1. The molecule has 1 aliphatic heterocycles. The maximum absolute atomic E-state index is 13.0. The predicted octanol–water partition coefficient (Wildman–Crippen LogP) is 3.46. The topological polar surface area (TPSA) is 96.1 Å². The Balaban J connectivity index is 1.46. The van der Waals surface area contributed by atoms with Crippen molar-refractivity contribution in [3.05, 3.63) is 16.0 Å². The van der Waals surface area contributed by atoms with Crippen molar-refractivity contribution in [3.63, 3.8) is 0 Å². The molecule has 1 aliphatic carbocycles. The number of carbonyl (C=O) groups is 1. The van der Waals surface area contributed by atoms with Crippen LogP contribution in [-0.4, -0.2) is 52.2 Å². The molecular formula is C21H28N6O2S2. The van der Waals surface area contributed by atoms with Gasteiger partial charge in [-0.05, 0) is 45.1 Å². The molecule has 1 fully saturated rings. The van der Waals surface area contributed by atoms with E-state index in [0.29, 0.717) is 23.8 Å². The van der Waals surface area contributed by atoms with E-state index in [0.717, 1.165) is 62.0 Å². The number of rotatable bonds is 6. The van der Waals surface area contributed by atoms with Gasteiger partial charge in [0.2, 0.25) is 11.9 Å². The molecule has 8 nitrogen and oxygen atoms in total. The number of aromatic nitrogens is 3. The molecule has 2 aliphatic rings. The van der Waals surface area contributed by atoms with Crippen LogP contribution in [0, 0.1) is 11.3 Å². The van der Waals surface area contributed by atoms with Gasteiger partial charge in [0.1, 0.15) is 11.1 Å². The molecule has 0 aromatic carbocycles. The lowest BCUT2D eigenvalue weighted by molar-refractivity contribution is -0.115. The molecular weight excluding hydrogens is 432 g/mol. The number of thioether (sulfide) groups is 1. The third-order valence-electron chi connectivity index (χ3n) is 5.73. The predicted molar refractivity (Wildman–Crippen MR) is 123 cm³/mol. The molecule has 0 spiro atoms. The smallest absolute Gasteiger partial charge is 0.238 e. The van der Waals surface area contributed by atoms with Crippen LogP contribution in [-0.2, 0) is 28.9 Å². The third kappa shape index (κ3) is 4.73. The summed E-state index contributed by atoms with van der Waals surface area (Å²) in [7, 11) is 0. The van der Waals surface area contributed by atoms with Crippen molar-refractivity contribution in [2.75, 3.05) is 36.5 Å². The summed E-state index contributed by atoms with van der Waals surface area (Å²) in [5.74, 6) is 0.714. The number of fused-ring (bicyclic) bond motifs is 1. The number of nitriles is 1. The van der Waals surface area contributed by atoms with Crippen LogP contribution in [0.2, 0.25) is 0 Å². The summed E-state index contributed by atoms with van der Waals surface area (Å²) >= 11 is 2.97. The summed E-state index contributed by atoms with van der Waals surface area (Å²) in [6.07, 6.45) is 5.39. The third-order valence-corrected chi connectivity index (χ3v) is 8.02. The molecule has 31 heavy (non-hydrogen) atoms. The van der Waals surface area contributed by atoms with Crippen molar-refractivity contribution < 1.29 is 9.53 Å². The molecule has 0 saturated carbocycles. The molecule has 1 atom stereocenters. The SMILES string of the molecule is CCn1c(SC(C)C(=O)Nc2sc3c(c2C#N)CCCCC3)nnc1N1CCOCC1. The van der Waals surface area contributed by atoms with Crippen molar-refractivity contribution in [3.8, 4) is 6.07 Å². The van der Waals surface area contributed by atoms with Crippen molar-refractivity contribution in [1.82, 2.24) is 14.8 Å². The van der Waals surface area contributed by atoms with E-state index >= 15 is 0 Å². The molecule has 2 aromatic heterocycles. The average Bonchev–Trinajstić information content (AvgIpc) is 3.25. The van der Waals surface area contributed by atoms with E-state index in [-0.39, 0.29) is 11.2 Å². The Kier molecular flexibility index (Phi) is 7.15. The molecule has 3 heterocycles. The number of nitrogens with zero attached hydrogens (tertiary/aromatic N) is 5. The first-order valence-electron chi connectivity index (χ1n) is 10.9. The first-order chi connectivity index (χ1) is 15.1. The minimum atomic E-state index is -0.361. The van der Waals surface area contributed by atoms with Crippen molar-refractivity contribution in [2.24, 2.45) is 0 Å². The summed E-state index contributed by atoms with van der Waals surface area (Å²) in [5, 5.41) is 22.5. The lowest BCUT2D eigenvalue weighted by Crippen LogP contribution is -2.38. The van der Waals surface area contributed by atoms with Crippen LogP contribution < -0.4 is 10.2 Å². The van der Waals surface area contributed by atoms with Crippen LogP contribution >= 0.6 is 23.1 Å². The largest absolute Gasteiger partial charge is 0.378 e. The average molecular weight is 461 g/mol. The van der Waals surface area contributed by atoms with Crippen molar-refractivity contribution in [2.45, 2.75) is 62.9 Å². The molecule has 2 aromatic rings. The van der Waals surface area contributed by atoms with Gasteiger partial charge < -0.3 is 15.0 Å². The van der Waals surface area contributed by atoms with E-state index in [1.807, 2.05) is 11.5 Å². The molecule has 4 rings (SSSR count). The van der Waals surface area contributed by atoms with E-state index < -0.39 is 0 Å². The van der Waals surface area contributed by atoms with Gasteiger partial charge in [-0.3, -0.25) is 9.36 Å². The minimum Gasteiger partial charge on any atom is -0.378 e. The van der Waals surface area contributed by atoms with E-state index in [2.05, 4.69) is 33.4 Å². The number of thiophene rings is 1. The molecule has 1 N–H and O–H groups in total. The number of ether oxygens (including phenoxy) is 1. The highest BCUT2D eigenvalue weighted by atomic mass is 32.2. The molecule has 10 heteroatoms. The summed E-state index contributed by atoms with van der Waals surface area (Å²) < 4.78 is 7.48. The molecule has 166 valence electrons. The Morgan fingerprint density at radius 1 is 1.29 bits per heavy atom. The highest BCUT2D eigenvalue weighted by Gasteiger charge is 2.26. The van der Waals surface area contributed by atoms with Crippen LogP contribution in [0.5, 0.6) is 0 Å². The first-order valence-corrected chi connectivity index (χ1v) is 12.6. The van der Waals surface area contributed by atoms with E-state index in [4.69, 9.17) is 4.74 Å². The second-order valence-electron chi connectivity index (χ2n) is 7.76. The second-order valence-corrected chi connectivity index (χ2v) is 10.2. The lowest BCUT2D eigenvalue weighted by Gasteiger charge is -2.27. The zero-order valence-corrected chi connectivity index (χ0v) is 19.7. The zero-order valence-electron chi connectivity index (χ0n) is 18.0. The number of hydrogen-bond acceptors (Lipinski definition) is 8. The first kappa shape index (κ1) is 22.1. The van der Waals surface area contributed by atoms with Gasteiger partial charge in [-0.25, -0.2) is 0 Å². The molecule has 0 bridgehead atoms. The highest BCUT2D eigenvalue weighted by molar-refractivity contribution is 8.00. The van der Waals surface area contributed by atoms with Gasteiger partial charge in [0, 0.05) is 24.5 Å². The summed E-state index contributed by atoms with van der Waals surface area (Å²) in [4.78, 5) is 16.4. The maximum Gasteiger partial charge on any atom is 0.238 e. The Labute approximate surface area is 191 Å². The van der Waals surface area contributed by atoms with Crippen LogP contribution in [0.3, 0.4) is 0 Å². The number of nitrogens with one attached hydrogen (secondary N) is 1. The number of morpholine rings is 1. The Morgan fingerprint density at radius 2 is 2.06 bits per heavy atom. The standard InChI is InChI=1S/C21H28N6O2S2/c1-3-27-20(26-9-11-29-12-10-26)24-25-21(27)30-14(2)18(28)23-19-16(13-22)15-7-5-4-6-8-17(15)31-19/h14H,3-12H2,1-2H3,(H,23,28). The molecule has 1 amide bonds. The number of aryl methyl sites for hydroxylation is 1. The number of carbonyl (C=O) groups excluding carboxylic acids is 1. The molecule has 1 saturated heterocycles. The van der Waals surface area contributed by atoms with Gasteiger partial charge in [0.05, 0.1) is 24.0 Å². The monoisotopic (exact) mass is 460 g/mol. The van der Waals surface area contributed by atoms with Crippen LogP contribution in [0.25, 0.3) is 0 Å². The van der Waals surface area contributed by atoms with Crippen LogP contribution in [0.1, 0.15) is 49.1 Å². The van der Waals surface area contributed by atoms with E-state index in [1.54, 1.807) is 11.3 Å². The summed E-state index contributed by atoms with van der Waals surface area (Å²) in [6.45, 7) is 7.60. The number of hydrogen-bond donors (Lipinski definition) is 1. The van der Waals surface area contributed by atoms with E-state index in [1.165, 1.54) is 23.1 Å². The fraction of sp³-hybridized carbons (Fsp3) is 0.619. The Bertz CT molecular complexity index is 973. The quantitative estimate of drug-likeness (QED) is 0.521. The molecule has 1 unspecified atom stereocenters. The van der Waals surface area contributed by atoms with Crippen molar-refractivity contribution >= 4 is 40.0 Å². The summed E-state index contributed by atoms with van der Waals surface area (Å²) in [5.41, 5.74) is 1.79. The Morgan fingerprint density at radius 3 is 2.81 bits per heavy atom. The summed E-state index contributed by atoms with van der Waals surface area (Å²) in [6, 6.07) is 2.33. The van der Waals surface area contributed by atoms with E-state index in [9.17, 15) is 10.1 Å². The Hall–Kier alpha value is -2.09. The molecule has 0 radical (unpaired) electrons. The van der Waals surface area contributed by atoms with Crippen LogP contribution in [0.15, 0.2) is 5.16 Å². The van der Waals surface area contributed by atoms with Crippen molar-refractivity contribution in [1.29, 1.82) is 5.26 Å². The van der Waals surface area contributed by atoms with Crippen LogP contribution in [0.4, 0.5) is 10.9 Å². The van der Waals surface area contributed by atoms with Gasteiger partial charge in [-0.15, -0.1) is 21.5 Å². The van der Waals surface area contributed by atoms with Gasteiger partial charge in [-0.1, -0.05) is 18.2 Å².